The summed E-state index contributed by atoms with van der Waals surface area (Å²) in [5.41, 5.74) is 4.85. The fraction of sp³-hybridized carbons (Fsp3) is 0.208. The van der Waals surface area contributed by atoms with E-state index in [1.54, 1.807) is 22.9 Å². The Morgan fingerprint density at radius 2 is 1.80 bits per heavy atom. The van der Waals surface area contributed by atoms with Crippen LogP contribution in [0.4, 0.5) is 10.1 Å². The Kier molecular flexibility index (Phi) is 5.08. The SMILES string of the molecule is Cc1cc(C(=O)Nc2ccc(C(C)C)cc2)c2c(C)nn(-c3cccc(F)c3)c2n1. The molecule has 0 atom stereocenters. The number of hydrogen-bond acceptors (Lipinski definition) is 3. The maximum Gasteiger partial charge on any atom is 0.256 e. The first-order chi connectivity index (χ1) is 14.3. The van der Waals surface area contributed by atoms with Crippen molar-refractivity contribution in [2.24, 2.45) is 0 Å². The van der Waals surface area contributed by atoms with Gasteiger partial charge in [-0.2, -0.15) is 5.10 Å². The molecule has 0 saturated carbocycles. The van der Waals surface area contributed by atoms with Crippen LogP contribution in [-0.4, -0.2) is 20.7 Å². The van der Waals surface area contributed by atoms with Gasteiger partial charge in [0.1, 0.15) is 5.82 Å². The minimum Gasteiger partial charge on any atom is -0.322 e. The van der Waals surface area contributed by atoms with Crippen molar-refractivity contribution in [2.75, 3.05) is 5.32 Å². The van der Waals surface area contributed by atoms with Crippen LogP contribution in [0.5, 0.6) is 0 Å². The number of carbonyl (C=O) groups is 1. The molecule has 0 radical (unpaired) electrons. The Morgan fingerprint density at radius 3 is 2.47 bits per heavy atom. The molecule has 1 amide bonds. The van der Waals surface area contributed by atoms with Gasteiger partial charge < -0.3 is 5.32 Å². The number of carbonyl (C=O) groups excluding carboxylic acids is 1. The number of fused-ring (bicyclic) bond motifs is 1. The zero-order chi connectivity index (χ0) is 21.4. The van der Waals surface area contributed by atoms with Crippen LogP contribution in [0.2, 0.25) is 0 Å². The summed E-state index contributed by atoms with van der Waals surface area (Å²) in [5, 5.41) is 8.15. The largest absolute Gasteiger partial charge is 0.322 e. The Balaban J connectivity index is 1.76. The molecule has 4 rings (SSSR count). The third-order valence-corrected chi connectivity index (χ3v) is 5.07. The molecule has 0 spiro atoms. The molecule has 0 fully saturated rings. The average molecular weight is 402 g/mol. The van der Waals surface area contributed by atoms with E-state index in [4.69, 9.17) is 0 Å². The summed E-state index contributed by atoms with van der Waals surface area (Å²) in [6, 6.07) is 15.7. The van der Waals surface area contributed by atoms with Crippen LogP contribution in [0.15, 0.2) is 54.6 Å². The summed E-state index contributed by atoms with van der Waals surface area (Å²) in [5.74, 6) is -0.164. The maximum atomic E-state index is 13.7. The highest BCUT2D eigenvalue weighted by Gasteiger charge is 2.20. The monoisotopic (exact) mass is 402 g/mol. The number of aryl methyl sites for hydroxylation is 2. The number of pyridine rings is 1. The van der Waals surface area contributed by atoms with Gasteiger partial charge in [0, 0.05) is 11.4 Å². The van der Waals surface area contributed by atoms with E-state index in [1.807, 2.05) is 38.1 Å². The Labute approximate surface area is 174 Å². The molecule has 0 aliphatic rings. The number of nitrogens with zero attached hydrogens (tertiary/aromatic N) is 3. The third kappa shape index (κ3) is 3.68. The highest BCUT2D eigenvalue weighted by Crippen LogP contribution is 2.26. The van der Waals surface area contributed by atoms with Gasteiger partial charge >= 0.3 is 0 Å². The fourth-order valence-corrected chi connectivity index (χ4v) is 3.53. The first-order valence-electron chi connectivity index (χ1n) is 9.87. The molecule has 0 unspecified atom stereocenters. The predicted octanol–water partition coefficient (Wildman–Crippen LogP) is 5.55. The van der Waals surface area contributed by atoms with E-state index < -0.39 is 0 Å². The molecular formula is C24H23FN4O. The zero-order valence-electron chi connectivity index (χ0n) is 17.4. The smallest absolute Gasteiger partial charge is 0.256 e. The summed E-state index contributed by atoms with van der Waals surface area (Å²) < 4.78 is 15.3. The van der Waals surface area contributed by atoms with Gasteiger partial charge in [0.15, 0.2) is 5.65 Å². The van der Waals surface area contributed by atoms with Crippen LogP contribution < -0.4 is 5.32 Å². The van der Waals surface area contributed by atoms with E-state index >= 15 is 0 Å². The molecule has 1 N–H and O–H groups in total. The zero-order valence-corrected chi connectivity index (χ0v) is 17.4. The lowest BCUT2D eigenvalue weighted by Crippen LogP contribution is -2.13. The van der Waals surface area contributed by atoms with Crippen LogP contribution in [0, 0.1) is 19.7 Å². The molecule has 4 aromatic rings. The van der Waals surface area contributed by atoms with Crippen LogP contribution >= 0.6 is 0 Å². The molecule has 2 heterocycles. The van der Waals surface area contributed by atoms with Crippen LogP contribution in [-0.2, 0) is 0 Å². The van der Waals surface area contributed by atoms with Gasteiger partial charge in [0.25, 0.3) is 5.91 Å². The third-order valence-electron chi connectivity index (χ3n) is 5.07. The van der Waals surface area contributed by atoms with Gasteiger partial charge in [-0.05, 0) is 61.7 Å². The molecule has 5 nitrogen and oxygen atoms in total. The molecule has 30 heavy (non-hydrogen) atoms. The van der Waals surface area contributed by atoms with Gasteiger partial charge in [-0.3, -0.25) is 4.79 Å². The molecule has 2 aromatic heterocycles. The lowest BCUT2D eigenvalue weighted by molar-refractivity contribution is 0.102. The van der Waals surface area contributed by atoms with Crippen molar-refractivity contribution in [2.45, 2.75) is 33.6 Å². The standard InChI is InChI=1S/C24H23FN4O/c1-14(2)17-8-10-19(11-9-17)27-24(30)21-12-15(3)26-23-22(21)16(4)28-29(23)20-7-5-6-18(25)13-20/h5-14H,1-4H3,(H,27,30). The second kappa shape index (κ2) is 7.71. The molecule has 2 aromatic carbocycles. The number of halogens is 1. The molecule has 0 saturated heterocycles. The van der Waals surface area contributed by atoms with E-state index in [0.29, 0.717) is 39.6 Å². The van der Waals surface area contributed by atoms with Gasteiger partial charge in [0.2, 0.25) is 0 Å². The number of nitrogens with one attached hydrogen (secondary N) is 1. The quantitative estimate of drug-likeness (QED) is 0.487. The van der Waals surface area contributed by atoms with Crippen LogP contribution in [0.1, 0.15) is 47.1 Å². The van der Waals surface area contributed by atoms with Crippen molar-refractivity contribution in [3.63, 3.8) is 0 Å². The minimum atomic E-state index is -0.357. The highest BCUT2D eigenvalue weighted by molar-refractivity contribution is 6.12. The number of rotatable bonds is 4. The lowest BCUT2D eigenvalue weighted by Gasteiger charge is -2.10. The molecule has 0 aliphatic carbocycles. The van der Waals surface area contributed by atoms with E-state index in [9.17, 15) is 9.18 Å². The Hall–Kier alpha value is -3.54. The summed E-state index contributed by atoms with van der Waals surface area (Å²) in [7, 11) is 0. The van der Waals surface area contributed by atoms with Crippen molar-refractivity contribution in [1.29, 1.82) is 0 Å². The normalized spacial score (nSPS) is 11.3. The van der Waals surface area contributed by atoms with Crippen LogP contribution in [0.3, 0.4) is 0 Å². The predicted molar refractivity (Wildman–Crippen MR) is 117 cm³/mol. The summed E-state index contributed by atoms with van der Waals surface area (Å²) >= 11 is 0. The number of aromatic nitrogens is 3. The van der Waals surface area contributed by atoms with Crippen molar-refractivity contribution >= 4 is 22.6 Å². The van der Waals surface area contributed by atoms with Gasteiger partial charge in [-0.1, -0.05) is 32.0 Å². The first-order valence-corrected chi connectivity index (χ1v) is 9.87. The molecule has 0 bridgehead atoms. The maximum absolute atomic E-state index is 13.7. The molecular weight excluding hydrogens is 379 g/mol. The van der Waals surface area contributed by atoms with Gasteiger partial charge in [-0.25, -0.2) is 14.1 Å². The Morgan fingerprint density at radius 1 is 1.07 bits per heavy atom. The van der Waals surface area contributed by atoms with E-state index in [0.717, 1.165) is 5.69 Å². The summed E-state index contributed by atoms with van der Waals surface area (Å²) in [6.07, 6.45) is 0. The topological polar surface area (TPSA) is 59.8 Å². The van der Waals surface area contributed by atoms with Crippen molar-refractivity contribution in [1.82, 2.24) is 14.8 Å². The van der Waals surface area contributed by atoms with E-state index in [-0.39, 0.29) is 11.7 Å². The van der Waals surface area contributed by atoms with E-state index in [2.05, 4.69) is 29.2 Å². The number of amides is 1. The fourth-order valence-electron chi connectivity index (χ4n) is 3.53. The first kappa shape index (κ1) is 19.8. The highest BCUT2D eigenvalue weighted by atomic mass is 19.1. The van der Waals surface area contributed by atoms with Crippen molar-refractivity contribution in [3.05, 3.63) is 82.9 Å². The van der Waals surface area contributed by atoms with Gasteiger partial charge in [-0.15, -0.1) is 0 Å². The minimum absolute atomic E-state index is 0.232. The Bertz CT molecular complexity index is 1240. The van der Waals surface area contributed by atoms with Crippen molar-refractivity contribution < 1.29 is 9.18 Å². The van der Waals surface area contributed by atoms with Crippen molar-refractivity contribution in [3.8, 4) is 5.69 Å². The second-order valence-electron chi connectivity index (χ2n) is 7.72. The summed E-state index contributed by atoms with van der Waals surface area (Å²) in [4.78, 5) is 17.7. The lowest BCUT2D eigenvalue weighted by atomic mass is 10.0. The number of benzene rings is 2. The molecule has 6 heteroatoms. The molecule has 152 valence electrons. The molecule has 0 aliphatic heterocycles. The number of anilines is 1. The van der Waals surface area contributed by atoms with Crippen LogP contribution in [0.25, 0.3) is 16.7 Å². The average Bonchev–Trinajstić information content (AvgIpc) is 3.04. The summed E-state index contributed by atoms with van der Waals surface area (Å²) in [6.45, 7) is 7.90. The second-order valence-corrected chi connectivity index (χ2v) is 7.72. The van der Waals surface area contributed by atoms with E-state index in [1.165, 1.54) is 17.7 Å². The van der Waals surface area contributed by atoms with Gasteiger partial charge in [0.05, 0.1) is 22.3 Å². The number of hydrogen-bond donors (Lipinski definition) is 1.